The summed E-state index contributed by atoms with van der Waals surface area (Å²) in [5, 5.41) is 5.55. The number of nitrogens with one attached hydrogen (secondary N) is 2. The van der Waals surface area contributed by atoms with Gasteiger partial charge in [-0.25, -0.2) is 14.4 Å². The molecule has 7 heteroatoms. The smallest absolute Gasteiger partial charge is 0.274 e. The maximum Gasteiger partial charge on any atom is 0.274 e. The van der Waals surface area contributed by atoms with E-state index in [-0.39, 0.29) is 16.8 Å². The SMILES string of the molecule is CC(C)Nc1nccc(C(=O)Nc2ccc(F)c(Cl)c2)n1. The average Bonchev–Trinajstić information content (AvgIpc) is 2.42. The molecule has 21 heavy (non-hydrogen) atoms. The average molecular weight is 309 g/mol. The first-order valence-electron chi connectivity index (χ1n) is 6.31. The van der Waals surface area contributed by atoms with E-state index in [0.29, 0.717) is 11.6 Å². The summed E-state index contributed by atoms with van der Waals surface area (Å²) in [6.07, 6.45) is 1.49. The van der Waals surface area contributed by atoms with Crippen molar-refractivity contribution in [3.63, 3.8) is 0 Å². The number of amides is 1. The highest BCUT2D eigenvalue weighted by Gasteiger charge is 2.10. The number of carbonyl (C=O) groups is 1. The second-order valence-electron chi connectivity index (χ2n) is 4.65. The predicted molar refractivity (Wildman–Crippen MR) is 80.2 cm³/mol. The summed E-state index contributed by atoms with van der Waals surface area (Å²) in [6.45, 7) is 3.88. The van der Waals surface area contributed by atoms with Crippen molar-refractivity contribution in [1.82, 2.24) is 9.97 Å². The number of hydrogen-bond donors (Lipinski definition) is 2. The molecule has 1 aromatic heterocycles. The number of benzene rings is 1. The molecule has 2 aromatic rings. The van der Waals surface area contributed by atoms with Crippen LogP contribution in [0.2, 0.25) is 5.02 Å². The van der Waals surface area contributed by atoms with Crippen molar-refractivity contribution in [3.8, 4) is 0 Å². The number of carbonyl (C=O) groups excluding carboxylic acids is 1. The molecule has 1 aromatic carbocycles. The molecule has 0 aliphatic carbocycles. The molecule has 0 spiro atoms. The lowest BCUT2D eigenvalue weighted by Crippen LogP contribution is -2.17. The minimum Gasteiger partial charge on any atom is -0.352 e. The lowest BCUT2D eigenvalue weighted by molar-refractivity contribution is 0.102. The highest BCUT2D eigenvalue weighted by Crippen LogP contribution is 2.19. The van der Waals surface area contributed by atoms with Gasteiger partial charge in [0.2, 0.25) is 5.95 Å². The second kappa shape index (κ2) is 6.49. The highest BCUT2D eigenvalue weighted by molar-refractivity contribution is 6.31. The largest absolute Gasteiger partial charge is 0.352 e. The quantitative estimate of drug-likeness (QED) is 0.909. The van der Waals surface area contributed by atoms with Crippen molar-refractivity contribution in [2.24, 2.45) is 0 Å². The first-order chi connectivity index (χ1) is 9.95. The first-order valence-corrected chi connectivity index (χ1v) is 6.69. The maximum absolute atomic E-state index is 13.1. The van der Waals surface area contributed by atoms with Gasteiger partial charge in [0.15, 0.2) is 0 Å². The summed E-state index contributed by atoms with van der Waals surface area (Å²) >= 11 is 5.66. The number of nitrogens with zero attached hydrogens (tertiary/aromatic N) is 2. The van der Waals surface area contributed by atoms with E-state index >= 15 is 0 Å². The molecule has 5 nitrogen and oxygen atoms in total. The topological polar surface area (TPSA) is 66.9 Å². The fraction of sp³-hybridized carbons (Fsp3) is 0.214. The summed E-state index contributed by atoms with van der Waals surface area (Å²) in [6, 6.07) is 5.59. The van der Waals surface area contributed by atoms with Gasteiger partial charge in [0.1, 0.15) is 11.5 Å². The molecular weight excluding hydrogens is 295 g/mol. The third-order valence-corrected chi connectivity index (χ3v) is 2.77. The summed E-state index contributed by atoms with van der Waals surface area (Å²) in [7, 11) is 0. The fourth-order valence-corrected chi connectivity index (χ4v) is 1.76. The van der Waals surface area contributed by atoms with Crippen LogP contribution in [0, 0.1) is 5.82 Å². The van der Waals surface area contributed by atoms with Crippen molar-refractivity contribution in [2.45, 2.75) is 19.9 Å². The third-order valence-electron chi connectivity index (χ3n) is 2.48. The predicted octanol–water partition coefficient (Wildman–Crippen LogP) is 3.34. The Morgan fingerprint density at radius 1 is 1.33 bits per heavy atom. The molecule has 1 amide bonds. The van der Waals surface area contributed by atoms with E-state index in [1.165, 1.54) is 30.5 Å². The Morgan fingerprint density at radius 3 is 2.76 bits per heavy atom. The zero-order valence-electron chi connectivity index (χ0n) is 11.5. The summed E-state index contributed by atoms with van der Waals surface area (Å²) in [5.74, 6) is -0.596. The molecule has 0 saturated heterocycles. The third kappa shape index (κ3) is 4.13. The van der Waals surface area contributed by atoms with Crippen LogP contribution in [-0.4, -0.2) is 21.9 Å². The Bertz CT molecular complexity index is 663. The van der Waals surface area contributed by atoms with Gasteiger partial charge in [-0.1, -0.05) is 11.6 Å². The minimum atomic E-state index is -0.542. The van der Waals surface area contributed by atoms with E-state index in [4.69, 9.17) is 11.6 Å². The van der Waals surface area contributed by atoms with E-state index < -0.39 is 11.7 Å². The molecule has 2 rings (SSSR count). The van der Waals surface area contributed by atoms with Crippen LogP contribution in [0.4, 0.5) is 16.0 Å². The van der Waals surface area contributed by atoms with Gasteiger partial charge in [-0.15, -0.1) is 0 Å². The molecular formula is C14H14ClFN4O. The van der Waals surface area contributed by atoms with Gasteiger partial charge in [0, 0.05) is 17.9 Å². The molecule has 0 fully saturated rings. The van der Waals surface area contributed by atoms with Crippen molar-refractivity contribution in [3.05, 3.63) is 47.0 Å². The Balaban J connectivity index is 2.14. The molecule has 1 heterocycles. The molecule has 0 saturated carbocycles. The molecule has 0 atom stereocenters. The van der Waals surface area contributed by atoms with Crippen molar-refractivity contribution < 1.29 is 9.18 Å². The van der Waals surface area contributed by atoms with Gasteiger partial charge in [-0.05, 0) is 38.1 Å². The highest BCUT2D eigenvalue weighted by atomic mass is 35.5. The van der Waals surface area contributed by atoms with Crippen LogP contribution in [0.5, 0.6) is 0 Å². The van der Waals surface area contributed by atoms with Crippen LogP contribution in [0.25, 0.3) is 0 Å². The number of rotatable bonds is 4. The number of aromatic nitrogens is 2. The first kappa shape index (κ1) is 15.2. The van der Waals surface area contributed by atoms with E-state index in [1.54, 1.807) is 0 Å². The monoisotopic (exact) mass is 308 g/mol. The molecule has 0 radical (unpaired) electrons. The number of halogens is 2. The van der Waals surface area contributed by atoms with Crippen molar-refractivity contribution >= 4 is 29.1 Å². The summed E-state index contributed by atoms with van der Waals surface area (Å²) < 4.78 is 13.1. The Hall–Kier alpha value is -2.21. The number of anilines is 2. The summed E-state index contributed by atoms with van der Waals surface area (Å²) in [4.78, 5) is 20.2. The van der Waals surface area contributed by atoms with Crippen molar-refractivity contribution in [1.29, 1.82) is 0 Å². The molecule has 0 aliphatic heterocycles. The van der Waals surface area contributed by atoms with Crippen molar-refractivity contribution in [2.75, 3.05) is 10.6 Å². The zero-order valence-corrected chi connectivity index (χ0v) is 12.3. The Labute approximate surface area is 126 Å². The maximum atomic E-state index is 13.1. The van der Waals surface area contributed by atoms with Crippen LogP contribution < -0.4 is 10.6 Å². The van der Waals surface area contributed by atoms with Crippen LogP contribution in [-0.2, 0) is 0 Å². The van der Waals surface area contributed by atoms with Crippen LogP contribution in [0.1, 0.15) is 24.3 Å². The normalized spacial score (nSPS) is 10.5. The molecule has 2 N–H and O–H groups in total. The van der Waals surface area contributed by atoms with Gasteiger partial charge in [0.25, 0.3) is 5.91 Å². The van der Waals surface area contributed by atoms with Crippen LogP contribution in [0.3, 0.4) is 0 Å². The molecule has 0 unspecified atom stereocenters. The van der Waals surface area contributed by atoms with E-state index in [0.717, 1.165) is 0 Å². The van der Waals surface area contributed by atoms with Crippen LogP contribution >= 0.6 is 11.6 Å². The van der Waals surface area contributed by atoms with E-state index in [9.17, 15) is 9.18 Å². The van der Waals surface area contributed by atoms with Gasteiger partial charge in [-0.3, -0.25) is 4.79 Å². The van der Waals surface area contributed by atoms with Crippen LogP contribution in [0.15, 0.2) is 30.5 Å². The summed E-state index contributed by atoms with van der Waals surface area (Å²) in [5.41, 5.74) is 0.594. The van der Waals surface area contributed by atoms with E-state index in [1.807, 2.05) is 13.8 Å². The lowest BCUT2D eigenvalue weighted by atomic mass is 10.3. The molecule has 0 bridgehead atoms. The van der Waals surface area contributed by atoms with Gasteiger partial charge in [0.05, 0.1) is 5.02 Å². The lowest BCUT2D eigenvalue weighted by Gasteiger charge is -2.09. The molecule has 110 valence electrons. The number of hydrogen-bond acceptors (Lipinski definition) is 4. The Morgan fingerprint density at radius 2 is 2.10 bits per heavy atom. The fourth-order valence-electron chi connectivity index (χ4n) is 1.58. The molecule has 0 aliphatic rings. The van der Waals surface area contributed by atoms with Gasteiger partial charge < -0.3 is 10.6 Å². The Kier molecular flexibility index (Phi) is 4.70. The van der Waals surface area contributed by atoms with Gasteiger partial charge >= 0.3 is 0 Å². The minimum absolute atomic E-state index is 0.0577. The second-order valence-corrected chi connectivity index (χ2v) is 5.05. The van der Waals surface area contributed by atoms with Gasteiger partial charge in [-0.2, -0.15) is 0 Å². The standard InChI is InChI=1S/C14H14ClFN4O/c1-8(2)18-14-17-6-5-12(20-14)13(21)19-9-3-4-11(16)10(15)7-9/h3-8H,1-2H3,(H,19,21)(H,17,18,20). The zero-order chi connectivity index (χ0) is 15.4. The van der Waals surface area contributed by atoms with E-state index in [2.05, 4.69) is 20.6 Å².